The number of hydrogen-bond donors (Lipinski definition) is 1. The predicted octanol–water partition coefficient (Wildman–Crippen LogP) is 2.55. The van der Waals surface area contributed by atoms with Gasteiger partial charge in [-0.25, -0.2) is 0 Å². The Balaban J connectivity index is 2.34. The first-order valence-electron chi connectivity index (χ1n) is 6.95. The number of halogens is 1. The van der Waals surface area contributed by atoms with Gasteiger partial charge in [0.25, 0.3) is 15.9 Å². The fourth-order valence-electron chi connectivity index (χ4n) is 2.50. The summed E-state index contributed by atoms with van der Waals surface area (Å²) in [6, 6.07) is 10.7. The Labute approximate surface area is 147 Å². The van der Waals surface area contributed by atoms with Crippen LogP contribution >= 0.6 is 15.9 Å². The van der Waals surface area contributed by atoms with Crippen molar-refractivity contribution in [1.29, 1.82) is 0 Å². The molecule has 0 unspecified atom stereocenters. The second-order valence-electron chi connectivity index (χ2n) is 5.35. The zero-order chi connectivity index (χ0) is 17.6. The van der Waals surface area contributed by atoms with Crippen LogP contribution in [-0.4, -0.2) is 23.5 Å². The molecule has 0 bridgehead atoms. The van der Waals surface area contributed by atoms with Crippen LogP contribution in [0, 0.1) is 19.9 Å². The molecule has 0 saturated heterocycles. The van der Waals surface area contributed by atoms with Crippen molar-refractivity contribution in [3.63, 3.8) is 0 Å². The average Bonchev–Trinajstić information content (AvgIpc) is 2.85. The highest BCUT2D eigenvalue weighted by Crippen LogP contribution is 2.30. The standard InChI is InChI=1S/C16H13BrN3O3S/c1-9-3-5-11(6-4-9)24(22,23)20-13-8-7-12(17)15(16(18)21)14(13)10(2)19-20/h3-6,8H,1-2H3,(H2,18,21). The summed E-state index contributed by atoms with van der Waals surface area (Å²) in [5.74, 6) is -0.681. The second-order valence-corrected chi connectivity index (χ2v) is 7.91. The number of nitrogens with zero attached hydrogens (tertiary/aromatic N) is 2. The summed E-state index contributed by atoms with van der Waals surface area (Å²) in [5.41, 5.74) is 7.18. The number of nitrogens with two attached hydrogens (primary N) is 1. The summed E-state index contributed by atoms with van der Waals surface area (Å²) >= 11 is 3.22. The Kier molecular flexibility index (Phi) is 3.97. The van der Waals surface area contributed by atoms with E-state index in [1.807, 2.05) is 6.92 Å². The molecule has 3 rings (SSSR count). The van der Waals surface area contributed by atoms with E-state index in [1.165, 1.54) is 18.2 Å². The summed E-state index contributed by atoms with van der Waals surface area (Å²) in [7, 11) is -3.90. The van der Waals surface area contributed by atoms with Crippen LogP contribution < -0.4 is 5.73 Å². The summed E-state index contributed by atoms with van der Waals surface area (Å²) in [5, 5.41) is 4.52. The van der Waals surface area contributed by atoms with E-state index in [4.69, 9.17) is 5.73 Å². The molecular formula is C16H13BrN3O3S. The van der Waals surface area contributed by atoms with E-state index in [-0.39, 0.29) is 16.0 Å². The number of aromatic nitrogens is 2. The van der Waals surface area contributed by atoms with E-state index >= 15 is 0 Å². The van der Waals surface area contributed by atoms with Gasteiger partial charge >= 0.3 is 0 Å². The molecule has 1 heterocycles. The molecule has 1 radical (unpaired) electrons. The molecule has 0 aliphatic carbocycles. The van der Waals surface area contributed by atoms with Crippen LogP contribution in [0.2, 0.25) is 0 Å². The molecule has 2 aromatic carbocycles. The van der Waals surface area contributed by atoms with E-state index in [0.717, 1.165) is 9.65 Å². The highest BCUT2D eigenvalue weighted by atomic mass is 79.9. The molecule has 0 atom stereocenters. The maximum absolute atomic E-state index is 12.9. The number of benzene rings is 2. The van der Waals surface area contributed by atoms with E-state index in [2.05, 4.69) is 27.1 Å². The topological polar surface area (TPSA) is 95.1 Å². The van der Waals surface area contributed by atoms with Crippen molar-refractivity contribution in [3.05, 3.63) is 57.7 Å². The van der Waals surface area contributed by atoms with Crippen LogP contribution in [-0.2, 0) is 10.0 Å². The second kappa shape index (κ2) is 5.71. The monoisotopic (exact) mass is 406 g/mol. The van der Waals surface area contributed by atoms with Gasteiger partial charge in [-0.1, -0.05) is 17.7 Å². The Hall–Kier alpha value is -2.19. The van der Waals surface area contributed by atoms with Crippen molar-refractivity contribution in [2.45, 2.75) is 18.7 Å². The Morgan fingerprint density at radius 3 is 2.46 bits per heavy atom. The first-order chi connectivity index (χ1) is 11.2. The smallest absolute Gasteiger partial charge is 0.283 e. The van der Waals surface area contributed by atoms with Gasteiger partial charge in [0.15, 0.2) is 0 Å². The minimum Gasteiger partial charge on any atom is -0.366 e. The van der Waals surface area contributed by atoms with Crippen LogP contribution in [0.1, 0.15) is 21.6 Å². The van der Waals surface area contributed by atoms with Gasteiger partial charge in [0, 0.05) is 15.9 Å². The maximum Gasteiger partial charge on any atom is 0.283 e. The highest BCUT2D eigenvalue weighted by molar-refractivity contribution is 9.10. The van der Waals surface area contributed by atoms with Gasteiger partial charge in [0.1, 0.15) is 0 Å². The number of fused-ring (bicyclic) bond motifs is 1. The third-order valence-electron chi connectivity index (χ3n) is 3.66. The van der Waals surface area contributed by atoms with E-state index in [9.17, 15) is 13.2 Å². The lowest BCUT2D eigenvalue weighted by molar-refractivity contribution is 0.100. The molecule has 0 spiro atoms. The van der Waals surface area contributed by atoms with E-state index < -0.39 is 15.9 Å². The van der Waals surface area contributed by atoms with Crippen LogP contribution in [0.5, 0.6) is 0 Å². The SMILES string of the molecule is Cc1ccc(S(=O)(=O)n2nc(C)c3c(C(N)=O)c(Br)[c]cc32)cc1. The molecule has 1 amide bonds. The number of amides is 1. The molecule has 123 valence electrons. The molecule has 0 saturated carbocycles. The molecule has 0 fully saturated rings. The number of hydrogen-bond acceptors (Lipinski definition) is 4. The number of carbonyl (C=O) groups excluding carboxylic acids is 1. The van der Waals surface area contributed by atoms with Crippen molar-refractivity contribution < 1.29 is 13.2 Å². The molecule has 8 heteroatoms. The summed E-state index contributed by atoms with van der Waals surface area (Å²) in [6.07, 6.45) is 0. The number of rotatable bonds is 3. The van der Waals surface area contributed by atoms with Gasteiger partial charge in [-0.2, -0.15) is 17.6 Å². The predicted molar refractivity (Wildman–Crippen MR) is 93.3 cm³/mol. The van der Waals surface area contributed by atoms with Gasteiger partial charge in [0.2, 0.25) is 0 Å². The zero-order valence-electron chi connectivity index (χ0n) is 12.9. The fraction of sp³-hybridized carbons (Fsp3) is 0.125. The number of carbonyl (C=O) groups is 1. The van der Waals surface area contributed by atoms with Crippen LogP contribution in [0.4, 0.5) is 0 Å². The molecule has 0 aliphatic rings. The maximum atomic E-state index is 12.9. The van der Waals surface area contributed by atoms with Crippen molar-refractivity contribution in [1.82, 2.24) is 9.19 Å². The quantitative estimate of drug-likeness (QED) is 0.722. The Morgan fingerprint density at radius 1 is 1.25 bits per heavy atom. The minimum absolute atomic E-state index is 0.112. The lowest BCUT2D eigenvalue weighted by atomic mass is 10.1. The van der Waals surface area contributed by atoms with Crippen LogP contribution in [0.3, 0.4) is 0 Å². The van der Waals surface area contributed by atoms with Gasteiger partial charge in [-0.15, -0.1) is 0 Å². The van der Waals surface area contributed by atoms with Crippen molar-refractivity contribution in [3.8, 4) is 0 Å². The molecule has 0 aliphatic heterocycles. The van der Waals surface area contributed by atoms with Crippen molar-refractivity contribution in [2.24, 2.45) is 5.73 Å². The number of aryl methyl sites for hydroxylation is 2. The van der Waals surface area contributed by atoms with Crippen LogP contribution in [0.25, 0.3) is 10.9 Å². The lowest BCUT2D eigenvalue weighted by Gasteiger charge is -2.07. The fourth-order valence-corrected chi connectivity index (χ4v) is 4.32. The molecule has 6 nitrogen and oxygen atoms in total. The Bertz CT molecular complexity index is 1070. The highest BCUT2D eigenvalue weighted by Gasteiger charge is 2.25. The first-order valence-corrected chi connectivity index (χ1v) is 9.18. The molecule has 24 heavy (non-hydrogen) atoms. The summed E-state index contributed by atoms with van der Waals surface area (Å²) in [4.78, 5) is 11.9. The lowest BCUT2D eigenvalue weighted by Crippen LogP contribution is -2.15. The van der Waals surface area contributed by atoms with Gasteiger partial charge in [-0.05, 0) is 48.0 Å². The molecule has 3 aromatic rings. The van der Waals surface area contributed by atoms with Crippen molar-refractivity contribution >= 4 is 42.8 Å². The van der Waals surface area contributed by atoms with E-state index in [1.54, 1.807) is 19.1 Å². The Morgan fingerprint density at radius 2 is 1.88 bits per heavy atom. The van der Waals surface area contributed by atoms with Crippen LogP contribution in [0.15, 0.2) is 39.7 Å². The zero-order valence-corrected chi connectivity index (χ0v) is 15.3. The van der Waals surface area contributed by atoms with Gasteiger partial charge < -0.3 is 5.73 Å². The summed E-state index contributed by atoms with van der Waals surface area (Å²) < 4.78 is 27.1. The normalized spacial score (nSPS) is 11.8. The first kappa shape index (κ1) is 16.7. The van der Waals surface area contributed by atoms with Crippen molar-refractivity contribution in [2.75, 3.05) is 0 Å². The molecule has 2 N–H and O–H groups in total. The number of primary amides is 1. The largest absolute Gasteiger partial charge is 0.366 e. The van der Waals surface area contributed by atoms with Gasteiger partial charge in [0.05, 0.1) is 21.7 Å². The third kappa shape index (κ3) is 2.51. The minimum atomic E-state index is -3.90. The van der Waals surface area contributed by atoms with E-state index in [0.29, 0.717) is 15.6 Å². The third-order valence-corrected chi connectivity index (χ3v) is 5.89. The average molecular weight is 407 g/mol. The molecule has 1 aromatic heterocycles. The summed E-state index contributed by atoms with van der Waals surface area (Å²) in [6.45, 7) is 3.50. The van der Waals surface area contributed by atoms with Gasteiger partial charge in [-0.3, -0.25) is 4.79 Å². The molecular weight excluding hydrogens is 394 g/mol.